The molecule has 0 atom stereocenters. The Labute approximate surface area is 155 Å². The van der Waals surface area contributed by atoms with Crippen molar-refractivity contribution in [2.45, 2.75) is 6.92 Å². The average molecular weight is 369 g/mol. The summed E-state index contributed by atoms with van der Waals surface area (Å²) in [5.74, 6) is 0.0616. The van der Waals surface area contributed by atoms with Gasteiger partial charge in [-0.1, -0.05) is 12.6 Å². The molecular weight excluding hydrogens is 350 g/mol. The van der Waals surface area contributed by atoms with Crippen LogP contribution in [0.1, 0.15) is 16.6 Å². The van der Waals surface area contributed by atoms with E-state index in [-0.39, 0.29) is 11.4 Å². The van der Waals surface area contributed by atoms with Crippen LogP contribution >= 0.6 is 11.3 Å². The van der Waals surface area contributed by atoms with Gasteiger partial charge in [-0.2, -0.15) is 0 Å². The van der Waals surface area contributed by atoms with E-state index >= 15 is 0 Å². The fourth-order valence-electron chi connectivity index (χ4n) is 2.09. The molecule has 2 aromatic rings. The molecule has 0 amide bonds. The van der Waals surface area contributed by atoms with Gasteiger partial charge in [-0.25, -0.2) is 9.78 Å². The van der Waals surface area contributed by atoms with E-state index in [4.69, 9.17) is 5.73 Å². The molecule has 0 radical (unpaired) electrons. The molecule has 0 aliphatic heterocycles. The highest BCUT2D eigenvalue weighted by atomic mass is 32.1. The number of Topliss-reactive ketones (excluding diaryl/α,β-unsaturated/α-hetero) is 1. The van der Waals surface area contributed by atoms with Crippen LogP contribution in [0.3, 0.4) is 0 Å². The minimum atomic E-state index is -0.522. The molecule has 0 aromatic carbocycles. The molecule has 3 N–H and O–H groups in total. The summed E-state index contributed by atoms with van der Waals surface area (Å²) >= 11 is 1.39. The van der Waals surface area contributed by atoms with Gasteiger partial charge in [0.1, 0.15) is 5.82 Å². The van der Waals surface area contributed by atoms with E-state index in [1.807, 2.05) is 18.2 Å². The van der Waals surface area contributed by atoms with Crippen LogP contribution in [0, 0.1) is 0 Å². The number of ether oxygens (including phenoxy) is 1. The van der Waals surface area contributed by atoms with E-state index < -0.39 is 5.97 Å². The van der Waals surface area contributed by atoms with Gasteiger partial charge in [0.05, 0.1) is 28.1 Å². The summed E-state index contributed by atoms with van der Waals surface area (Å²) in [6, 6.07) is 9.13. The molecule has 2 aromatic heterocycles. The highest BCUT2D eigenvalue weighted by molar-refractivity contribution is 7.17. The second kappa shape index (κ2) is 8.77. The third-order valence-electron chi connectivity index (χ3n) is 3.27. The second-order valence-corrected chi connectivity index (χ2v) is 6.31. The van der Waals surface area contributed by atoms with Crippen LogP contribution in [-0.4, -0.2) is 23.8 Å². The first-order valence-electron chi connectivity index (χ1n) is 7.67. The highest BCUT2D eigenvalue weighted by Crippen LogP contribution is 2.28. The molecule has 2 heterocycles. The van der Waals surface area contributed by atoms with Crippen molar-refractivity contribution in [3.8, 4) is 10.6 Å². The molecular formula is C19H19N3O3S. The van der Waals surface area contributed by atoms with Crippen LogP contribution in [0.2, 0.25) is 0 Å². The van der Waals surface area contributed by atoms with Crippen LogP contribution in [0.15, 0.2) is 66.5 Å². The maximum Gasteiger partial charge on any atom is 0.337 e. The predicted octanol–water partition coefficient (Wildman–Crippen LogP) is 3.51. The first-order chi connectivity index (χ1) is 12.4. The van der Waals surface area contributed by atoms with Crippen molar-refractivity contribution in [1.29, 1.82) is 0 Å². The molecule has 0 unspecified atom stereocenters. The van der Waals surface area contributed by atoms with Crippen LogP contribution < -0.4 is 11.1 Å². The fraction of sp³-hybridized carbons (Fsp3) is 0.105. The first-order valence-corrected chi connectivity index (χ1v) is 8.48. The number of nitrogens with one attached hydrogen (secondary N) is 1. The number of carbonyl (C=O) groups excluding carboxylic acids is 2. The number of carbonyl (C=O) groups is 2. The normalized spacial score (nSPS) is 11.4. The van der Waals surface area contributed by atoms with E-state index in [1.165, 1.54) is 43.7 Å². The molecule has 0 spiro atoms. The summed E-state index contributed by atoms with van der Waals surface area (Å²) in [5.41, 5.74) is 6.78. The lowest BCUT2D eigenvalue weighted by Crippen LogP contribution is -2.06. The number of pyridine rings is 1. The maximum absolute atomic E-state index is 11.7. The molecule has 0 aliphatic carbocycles. The molecule has 26 heavy (non-hydrogen) atoms. The monoisotopic (exact) mass is 369 g/mol. The van der Waals surface area contributed by atoms with Gasteiger partial charge >= 0.3 is 5.97 Å². The van der Waals surface area contributed by atoms with Crippen LogP contribution in [0.5, 0.6) is 0 Å². The number of nitrogens with zero attached hydrogens (tertiary/aromatic N) is 1. The molecule has 0 saturated carbocycles. The Morgan fingerprint density at radius 2 is 2.08 bits per heavy atom. The third-order valence-corrected chi connectivity index (χ3v) is 4.48. The molecule has 0 fully saturated rings. The number of methoxy groups -OCH3 is 1. The number of aromatic nitrogens is 1. The zero-order valence-electron chi connectivity index (χ0n) is 14.5. The summed E-state index contributed by atoms with van der Waals surface area (Å²) in [6.45, 7) is 5.40. The molecule has 7 heteroatoms. The number of allylic oxidation sites excluding steroid dienone is 1. The Bertz CT molecular complexity index is 897. The Morgan fingerprint density at radius 3 is 2.69 bits per heavy atom. The van der Waals surface area contributed by atoms with E-state index in [9.17, 15) is 9.59 Å². The van der Waals surface area contributed by atoms with Crippen LogP contribution in [0.4, 0.5) is 5.82 Å². The molecule has 0 aliphatic rings. The standard InChI is InChI=1S/C19H19N3O3S/c1-12(11-14(9-10-20)19(24)25-3)21-18-6-4-5-15(22-18)17-8-7-16(26-17)13(2)23/h4-11H,1,20H2,2-3H3,(H,21,22)/b10-9-,14-11+. The number of ketones is 1. The lowest BCUT2D eigenvalue weighted by Gasteiger charge is -2.08. The number of anilines is 1. The Hall–Kier alpha value is -3.19. The molecule has 0 saturated heterocycles. The van der Waals surface area contributed by atoms with Crippen molar-refractivity contribution >= 4 is 28.9 Å². The van der Waals surface area contributed by atoms with Gasteiger partial charge in [-0.05, 0) is 49.5 Å². The number of hydrogen-bond acceptors (Lipinski definition) is 7. The topological polar surface area (TPSA) is 94.3 Å². The fourth-order valence-corrected chi connectivity index (χ4v) is 2.96. The molecule has 134 valence electrons. The summed E-state index contributed by atoms with van der Waals surface area (Å²) in [4.78, 5) is 29.2. The highest BCUT2D eigenvalue weighted by Gasteiger charge is 2.09. The Balaban J connectivity index is 2.20. The van der Waals surface area contributed by atoms with Gasteiger partial charge in [0.2, 0.25) is 0 Å². The quantitative estimate of drug-likeness (QED) is 0.336. The maximum atomic E-state index is 11.7. The molecule has 6 nitrogen and oxygen atoms in total. The lowest BCUT2D eigenvalue weighted by atomic mass is 10.2. The Kier molecular flexibility index (Phi) is 6.46. The third kappa shape index (κ3) is 4.90. The minimum Gasteiger partial charge on any atom is -0.465 e. The zero-order chi connectivity index (χ0) is 19.1. The largest absolute Gasteiger partial charge is 0.465 e. The van der Waals surface area contributed by atoms with E-state index in [1.54, 1.807) is 12.1 Å². The number of hydrogen-bond donors (Lipinski definition) is 2. The van der Waals surface area contributed by atoms with Gasteiger partial charge in [0.25, 0.3) is 0 Å². The molecule has 2 rings (SSSR count). The lowest BCUT2D eigenvalue weighted by molar-refractivity contribution is -0.135. The summed E-state index contributed by atoms with van der Waals surface area (Å²) < 4.78 is 4.69. The summed E-state index contributed by atoms with van der Waals surface area (Å²) in [7, 11) is 1.29. The van der Waals surface area contributed by atoms with Gasteiger partial charge in [0, 0.05) is 5.70 Å². The number of esters is 1. The van der Waals surface area contributed by atoms with E-state index in [2.05, 4.69) is 21.6 Å². The molecule has 0 bridgehead atoms. The van der Waals surface area contributed by atoms with Crippen molar-refractivity contribution in [1.82, 2.24) is 4.98 Å². The number of thiophene rings is 1. The van der Waals surface area contributed by atoms with Crippen molar-refractivity contribution in [2.24, 2.45) is 5.73 Å². The SMILES string of the molecule is C=C(/C=C(\C=C/N)C(=O)OC)Nc1cccc(-c2ccc(C(C)=O)s2)n1. The van der Waals surface area contributed by atoms with Gasteiger partial charge in [-0.3, -0.25) is 4.79 Å². The predicted molar refractivity (Wildman–Crippen MR) is 104 cm³/mol. The summed E-state index contributed by atoms with van der Waals surface area (Å²) in [5, 5.41) is 3.02. The van der Waals surface area contributed by atoms with E-state index in [0.717, 1.165) is 10.6 Å². The number of nitrogens with two attached hydrogens (primary N) is 1. The first kappa shape index (κ1) is 19.1. The van der Waals surface area contributed by atoms with Crippen LogP contribution in [-0.2, 0) is 9.53 Å². The average Bonchev–Trinajstić information content (AvgIpc) is 3.11. The Morgan fingerprint density at radius 1 is 1.31 bits per heavy atom. The minimum absolute atomic E-state index is 0.0253. The number of rotatable bonds is 7. The van der Waals surface area contributed by atoms with Crippen molar-refractivity contribution in [3.63, 3.8) is 0 Å². The van der Waals surface area contributed by atoms with Crippen molar-refractivity contribution in [2.75, 3.05) is 12.4 Å². The second-order valence-electron chi connectivity index (χ2n) is 5.23. The van der Waals surface area contributed by atoms with Crippen LogP contribution in [0.25, 0.3) is 10.6 Å². The van der Waals surface area contributed by atoms with Crippen molar-refractivity contribution in [3.05, 3.63) is 71.4 Å². The van der Waals surface area contributed by atoms with Gasteiger partial charge in [0.15, 0.2) is 5.78 Å². The van der Waals surface area contributed by atoms with Crippen molar-refractivity contribution < 1.29 is 14.3 Å². The van der Waals surface area contributed by atoms with Gasteiger partial charge in [-0.15, -0.1) is 11.3 Å². The zero-order valence-corrected chi connectivity index (χ0v) is 15.3. The smallest absolute Gasteiger partial charge is 0.337 e. The summed E-state index contributed by atoms with van der Waals surface area (Å²) in [6.07, 6.45) is 4.19. The van der Waals surface area contributed by atoms with Gasteiger partial charge < -0.3 is 15.8 Å². The van der Waals surface area contributed by atoms with E-state index in [0.29, 0.717) is 16.4 Å².